The fourth-order valence-corrected chi connectivity index (χ4v) is 2.60. The first-order valence-corrected chi connectivity index (χ1v) is 7.24. The number of para-hydroxylation sites is 2. The minimum atomic E-state index is 0.230. The van der Waals surface area contributed by atoms with Gasteiger partial charge in [0.25, 0.3) is 0 Å². The van der Waals surface area contributed by atoms with Crippen LogP contribution in [-0.4, -0.2) is 29.4 Å². The van der Waals surface area contributed by atoms with E-state index in [1.54, 1.807) is 0 Å². The van der Waals surface area contributed by atoms with Gasteiger partial charge in [-0.2, -0.15) is 0 Å². The Hall–Kier alpha value is -2.08. The Morgan fingerprint density at radius 3 is 3.00 bits per heavy atom. The van der Waals surface area contributed by atoms with Crippen LogP contribution in [-0.2, 0) is 6.61 Å². The van der Waals surface area contributed by atoms with Gasteiger partial charge < -0.3 is 15.4 Å². The molecule has 21 heavy (non-hydrogen) atoms. The molecule has 3 rings (SSSR count). The number of benzene rings is 1. The molecule has 0 radical (unpaired) electrons. The van der Waals surface area contributed by atoms with Gasteiger partial charge in [0.1, 0.15) is 23.7 Å². The van der Waals surface area contributed by atoms with Gasteiger partial charge in [-0.3, -0.25) is 0 Å². The van der Waals surface area contributed by atoms with E-state index in [1.807, 2.05) is 25.1 Å². The number of rotatable bonds is 4. The largest absolute Gasteiger partial charge is 0.485 e. The van der Waals surface area contributed by atoms with Crippen LogP contribution in [0, 0.1) is 6.92 Å². The summed E-state index contributed by atoms with van der Waals surface area (Å²) in [6.45, 7) is 4.08. The molecule has 6 nitrogen and oxygen atoms in total. The van der Waals surface area contributed by atoms with Gasteiger partial charge in [-0.15, -0.1) is 0 Å². The zero-order chi connectivity index (χ0) is 14.7. The number of hydrogen-bond acceptors (Lipinski definition) is 6. The molecule has 1 unspecified atom stereocenters. The Balaban J connectivity index is 1.74. The number of nitrogens with zero attached hydrogens (tertiary/aromatic N) is 3. The molecule has 1 atom stereocenters. The predicted octanol–water partition coefficient (Wildman–Crippen LogP) is 1.88. The average Bonchev–Trinajstić information content (AvgIpc) is 2.91. The zero-order valence-corrected chi connectivity index (χ0v) is 12.2. The Morgan fingerprint density at radius 2 is 2.24 bits per heavy atom. The van der Waals surface area contributed by atoms with E-state index in [1.165, 1.54) is 0 Å². The third-order valence-electron chi connectivity index (χ3n) is 3.77. The maximum Gasteiger partial charge on any atom is 0.145 e. The molecule has 2 heterocycles. The van der Waals surface area contributed by atoms with Crippen molar-refractivity contribution in [2.75, 3.05) is 18.0 Å². The lowest BCUT2D eigenvalue weighted by atomic mass is 10.1. The second-order valence-electron chi connectivity index (χ2n) is 5.40. The van der Waals surface area contributed by atoms with Crippen molar-refractivity contribution in [2.45, 2.75) is 32.4 Å². The zero-order valence-electron chi connectivity index (χ0n) is 12.2. The third-order valence-corrected chi connectivity index (χ3v) is 3.77. The normalized spacial score (nSPS) is 18.8. The van der Waals surface area contributed by atoms with Gasteiger partial charge >= 0.3 is 0 Å². The number of anilines is 1. The van der Waals surface area contributed by atoms with Crippen LogP contribution in [0.15, 0.2) is 28.9 Å². The van der Waals surface area contributed by atoms with E-state index >= 15 is 0 Å². The predicted molar refractivity (Wildman–Crippen MR) is 79.2 cm³/mol. The van der Waals surface area contributed by atoms with Crippen LogP contribution in [0.3, 0.4) is 0 Å². The summed E-state index contributed by atoms with van der Waals surface area (Å²) < 4.78 is 10.6. The molecule has 1 fully saturated rings. The van der Waals surface area contributed by atoms with Crippen molar-refractivity contribution >= 4 is 5.69 Å². The summed E-state index contributed by atoms with van der Waals surface area (Å²) >= 11 is 0. The van der Waals surface area contributed by atoms with Crippen LogP contribution in [0.5, 0.6) is 5.75 Å². The second kappa shape index (κ2) is 6.13. The summed E-state index contributed by atoms with van der Waals surface area (Å²) in [5, 5.41) is 7.60. The lowest BCUT2D eigenvalue weighted by Gasteiger charge is -2.33. The van der Waals surface area contributed by atoms with E-state index in [9.17, 15) is 0 Å². The van der Waals surface area contributed by atoms with Crippen molar-refractivity contribution in [3.8, 4) is 5.75 Å². The molecule has 0 spiro atoms. The molecule has 1 aromatic carbocycles. The average molecular weight is 288 g/mol. The standard InChI is InChI=1S/C15H20N4O2/c1-11-13(18-21-17-11)10-20-15-7-3-2-6-14(15)19-8-4-5-12(16)9-19/h2-3,6-7,12H,4-5,8-10,16H2,1H3. The van der Waals surface area contributed by atoms with Gasteiger partial charge in [-0.25, -0.2) is 4.63 Å². The Morgan fingerprint density at radius 1 is 1.38 bits per heavy atom. The van der Waals surface area contributed by atoms with Gasteiger partial charge in [0, 0.05) is 19.1 Å². The monoisotopic (exact) mass is 288 g/mol. The highest BCUT2D eigenvalue weighted by Crippen LogP contribution is 2.30. The van der Waals surface area contributed by atoms with Gasteiger partial charge in [-0.1, -0.05) is 22.4 Å². The first-order chi connectivity index (χ1) is 10.2. The van der Waals surface area contributed by atoms with Crippen molar-refractivity contribution in [1.82, 2.24) is 10.3 Å². The van der Waals surface area contributed by atoms with E-state index < -0.39 is 0 Å². The number of ether oxygens (including phenoxy) is 1. The second-order valence-corrected chi connectivity index (χ2v) is 5.40. The van der Waals surface area contributed by atoms with Crippen molar-refractivity contribution in [2.24, 2.45) is 5.73 Å². The summed E-state index contributed by atoms with van der Waals surface area (Å²) in [5.74, 6) is 0.842. The van der Waals surface area contributed by atoms with E-state index in [-0.39, 0.29) is 6.04 Å². The highest BCUT2D eigenvalue weighted by molar-refractivity contribution is 5.58. The molecule has 1 aromatic heterocycles. The van der Waals surface area contributed by atoms with Crippen molar-refractivity contribution < 1.29 is 9.37 Å². The molecule has 1 aliphatic heterocycles. The van der Waals surface area contributed by atoms with Crippen molar-refractivity contribution in [3.05, 3.63) is 35.7 Å². The number of aryl methyl sites for hydroxylation is 1. The highest BCUT2D eigenvalue weighted by Gasteiger charge is 2.19. The van der Waals surface area contributed by atoms with Gasteiger partial charge in [0.15, 0.2) is 0 Å². The highest BCUT2D eigenvalue weighted by atomic mass is 16.6. The molecule has 0 bridgehead atoms. The summed E-state index contributed by atoms with van der Waals surface area (Å²) in [6.07, 6.45) is 2.20. The van der Waals surface area contributed by atoms with Crippen LogP contribution in [0.25, 0.3) is 0 Å². The first kappa shape index (κ1) is 13.9. The van der Waals surface area contributed by atoms with Gasteiger partial charge in [-0.05, 0) is 31.9 Å². The summed E-state index contributed by atoms with van der Waals surface area (Å²) in [5.41, 5.74) is 8.63. The minimum Gasteiger partial charge on any atom is -0.485 e. The van der Waals surface area contributed by atoms with Gasteiger partial charge in [0.05, 0.1) is 5.69 Å². The van der Waals surface area contributed by atoms with E-state index in [0.717, 1.165) is 48.8 Å². The van der Waals surface area contributed by atoms with E-state index in [0.29, 0.717) is 6.61 Å². The molecular weight excluding hydrogens is 268 g/mol. The fourth-order valence-electron chi connectivity index (χ4n) is 2.60. The van der Waals surface area contributed by atoms with Crippen LogP contribution < -0.4 is 15.4 Å². The molecule has 1 aliphatic rings. The molecule has 0 saturated carbocycles. The number of nitrogens with two attached hydrogens (primary N) is 1. The summed E-state index contributed by atoms with van der Waals surface area (Å²) in [7, 11) is 0. The molecule has 1 saturated heterocycles. The van der Waals surface area contributed by atoms with Crippen LogP contribution in [0.1, 0.15) is 24.2 Å². The molecule has 2 aromatic rings. The van der Waals surface area contributed by atoms with Crippen molar-refractivity contribution in [1.29, 1.82) is 0 Å². The third kappa shape index (κ3) is 3.16. The number of hydrogen-bond donors (Lipinski definition) is 1. The molecule has 2 N–H and O–H groups in total. The quantitative estimate of drug-likeness (QED) is 0.925. The van der Waals surface area contributed by atoms with Crippen LogP contribution >= 0.6 is 0 Å². The SMILES string of the molecule is Cc1nonc1COc1ccccc1N1CCCC(N)C1. The topological polar surface area (TPSA) is 77.4 Å². The number of aromatic nitrogens is 2. The summed E-state index contributed by atoms with van der Waals surface area (Å²) in [4.78, 5) is 2.29. The molecular formula is C15H20N4O2. The maximum atomic E-state index is 6.07. The minimum absolute atomic E-state index is 0.230. The number of piperidine rings is 1. The smallest absolute Gasteiger partial charge is 0.145 e. The molecule has 112 valence electrons. The van der Waals surface area contributed by atoms with Crippen LogP contribution in [0.2, 0.25) is 0 Å². The van der Waals surface area contributed by atoms with Crippen molar-refractivity contribution in [3.63, 3.8) is 0 Å². The van der Waals surface area contributed by atoms with Crippen LogP contribution in [0.4, 0.5) is 5.69 Å². The van der Waals surface area contributed by atoms with Gasteiger partial charge in [0.2, 0.25) is 0 Å². The Labute approximate surface area is 123 Å². The Kier molecular flexibility index (Phi) is 4.06. The molecule has 0 aliphatic carbocycles. The first-order valence-electron chi connectivity index (χ1n) is 7.24. The lowest BCUT2D eigenvalue weighted by molar-refractivity contribution is 0.270. The fraction of sp³-hybridized carbons (Fsp3) is 0.467. The molecule has 6 heteroatoms. The molecule has 0 amide bonds. The lowest BCUT2D eigenvalue weighted by Crippen LogP contribution is -2.42. The van der Waals surface area contributed by atoms with E-state index in [2.05, 4.69) is 25.9 Å². The van der Waals surface area contributed by atoms with E-state index in [4.69, 9.17) is 10.5 Å². The summed E-state index contributed by atoms with van der Waals surface area (Å²) in [6, 6.07) is 8.26. The Bertz CT molecular complexity index is 599. The maximum absolute atomic E-state index is 6.07.